The van der Waals surface area contributed by atoms with Gasteiger partial charge < -0.3 is 9.64 Å². The molecule has 0 bridgehead atoms. The van der Waals surface area contributed by atoms with Gasteiger partial charge in [0, 0.05) is 34.1 Å². The van der Waals surface area contributed by atoms with Gasteiger partial charge in [0.05, 0.1) is 12.2 Å². The minimum atomic E-state index is -0.0154. The van der Waals surface area contributed by atoms with Gasteiger partial charge in [-0.15, -0.1) is 11.6 Å². The Balaban J connectivity index is 2.90. The summed E-state index contributed by atoms with van der Waals surface area (Å²) < 4.78 is 6.83. The normalized spacial score (nSPS) is 10.4. The topological polar surface area (TPSA) is 29.5 Å². The fraction of sp³-hybridized carbons (Fsp3) is 0.417. The number of carbonyl (C=O) groups excluding carboxylic acids is 1. The van der Waals surface area contributed by atoms with Crippen molar-refractivity contribution in [3.63, 3.8) is 0 Å². The molecule has 0 aromatic heterocycles. The van der Waals surface area contributed by atoms with Crippen molar-refractivity contribution >= 4 is 56.0 Å². The van der Waals surface area contributed by atoms with Gasteiger partial charge in [-0.2, -0.15) is 0 Å². The lowest BCUT2D eigenvalue weighted by Crippen LogP contribution is -2.35. The number of rotatable bonds is 6. The fourth-order valence-corrected chi connectivity index (χ4v) is 2.58. The summed E-state index contributed by atoms with van der Waals surface area (Å²) in [5.41, 5.74) is 0.686. The van der Waals surface area contributed by atoms with Crippen LogP contribution in [0.15, 0.2) is 22.7 Å². The summed E-state index contributed by atoms with van der Waals surface area (Å²) in [5, 5.41) is 0. The van der Waals surface area contributed by atoms with Crippen LogP contribution in [-0.4, -0.2) is 43.5 Å². The lowest BCUT2D eigenvalue weighted by molar-refractivity contribution is 0.0706. The third-order valence-corrected chi connectivity index (χ3v) is 3.97. The zero-order chi connectivity index (χ0) is 13.5. The molecule has 0 radical (unpaired) electrons. The van der Waals surface area contributed by atoms with Gasteiger partial charge in [0.1, 0.15) is 0 Å². The lowest BCUT2D eigenvalue weighted by Gasteiger charge is -2.22. The van der Waals surface area contributed by atoms with Gasteiger partial charge in [-0.25, -0.2) is 0 Å². The number of ether oxygens (including phenoxy) is 1. The fourth-order valence-electron chi connectivity index (χ4n) is 1.45. The van der Waals surface area contributed by atoms with Gasteiger partial charge in [0.2, 0.25) is 0 Å². The van der Waals surface area contributed by atoms with Crippen LogP contribution in [0.3, 0.4) is 0 Å². The first-order valence-corrected chi connectivity index (χ1v) is 7.80. The smallest absolute Gasteiger partial charge is 0.255 e. The quantitative estimate of drug-likeness (QED) is 0.495. The van der Waals surface area contributed by atoms with Crippen molar-refractivity contribution in [2.45, 2.75) is 0 Å². The molecule has 1 aromatic rings. The molecule has 0 aliphatic carbocycles. The number of alkyl halides is 1. The van der Waals surface area contributed by atoms with E-state index in [9.17, 15) is 4.79 Å². The average Bonchev–Trinajstić information content (AvgIpc) is 2.36. The van der Waals surface area contributed by atoms with Crippen LogP contribution >= 0.6 is 50.1 Å². The average molecular weight is 447 g/mol. The third-order valence-electron chi connectivity index (χ3n) is 2.37. The summed E-state index contributed by atoms with van der Waals surface area (Å²) in [5.74, 6) is 0.401. The highest BCUT2D eigenvalue weighted by atomic mass is 127. The molecule has 1 aromatic carbocycles. The summed E-state index contributed by atoms with van der Waals surface area (Å²) in [4.78, 5) is 14.1. The largest absolute Gasteiger partial charge is 0.383 e. The highest BCUT2D eigenvalue weighted by molar-refractivity contribution is 14.1. The maximum Gasteiger partial charge on any atom is 0.255 e. The number of hydrogen-bond acceptors (Lipinski definition) is 2. The monoisotopic (exact) mass is 445 g/mol. The van der Waals surface area contributed by atoms with E-state index in [1.165, 1.54) is 0 Å². The maximum atomic E-state index is 12.4. The summed E-state index contributed by atoms with van der Waals surface area (Å²) in [6, 6.07) is 5.66. The van der Waals surface area contributed by atoms with Gasteiger partial charge in [-0.05, 0) is 40.8 Å². The molecule has 0 aliphatic heterocycles. The molecule has 0 N–H and O–H groups in total. The Morgan fingerprint density at radius 2 is 2.22 bits per heavy atom. The van der Waals surface area contributed by atoms with E-state index in [-0.39, 0.29) is 5.91 Å². The first-order valence-electron chi connectivity index (χ1n) is 5.39. The predicted molar refractivity (Wildman–Crippen MR) is 85.4 cm³/mol. The maximum absolute atomic E-state index is 12.4. The van der Waals surface area contributed by atoms with Crippen molar-refractivity contribution in [3.8, 4) is 0 Å². The van der Waals surface area contributed by atoms with Crippen molar-refractivity contribution in [1.82, 2.24) is 4.90 Å². The number of hydrogen-bond donors (Lipinski definition) is 0. The van der Waals surface area contributed by atoms with Gasteiger partial charge in [0.25, 0.3) is 5.91 Å². The first-order chi connectivity index (χ1) is 8.60. The second-order valence-corrected chi connectivity index (χ2v) is 6.05. The second kappa shape index (κ2) is 8.35. The van der Waals surface area contributed by atoms with Crippen molar-refractivity contribution < 1.29 is 9.53 Å². The van der Waals surface area contributed by atoms with Crippen LogP contribution in [-0.2, 0) is 4.74 Å². The Morgan fingerprint density at radius 3 is 2.83 bits per heavy atom. The Bertz CT molecular complexity index is 417. The Labute approximate surface area is 134 Å². The van der Waals surface area contributed by atoms with E-state index < -0.39 is 0 Å². The van der Waals surface area contributed by atoms with Gasteiger partial charge in [-0.1, -0.05) is 15.9 Å². The second-order valence-electron chi connectivity index (χ2n) is 3.60. The minimum absolute atomic E-state index is 0.0154. The SMILES string of the molecule is COCCN(CCCl)C(=O)c1cc(Br)ccc1I. The Kier molecular flexibility index (Phi) is 7.51. The Morgan fingerprint density at radius 1 is 1.50 bits per heavy atom. The molecule has 0 spiro atoms. The molecule has 1 amide bonds. The lowest BCUT2D eigenvalue weighted by atomic mass is 10.2. The number of carbonyl (C=O) groups is 1. The molecule has 0 aliphatic rings. The van der Waals surface area contributed by atoms with Gasteiger partial charge in [0.15, 0.2) is 0 Å². The first kappa shape index (κ1) is 16.2. The van der Waals surface area contributed by atoms with E-state index >= 15 is 0 Å². The van der Waals surface area contributed by atoms with E-state index in [0.29, 0.717) is 31.1 Å². The molecule has 0 atom stereocenters. The molecule has 0 fully saturated rings. The summed E-state index contributed by atoms with van der Waals surface area (Å²) >= 11 is 11.3. The highest BCUT2D eigenvalue weighted by Gasteiger charge is 2.17. The number of amides is 1. The van der Waals surface area contributed by atoms with Crippen LogP contribution in [0, 0.1) is 3.57 Å². The molecular weight excluding hydrogens is 432 g/mol. The Hall–Kier alpha value is 0.150. The number of benzene rings is 1. The predicted octanol–water partition coefficient (Wildman–Crippen LogP) is 3.38. The molecule has 0 unspecified atom stereocenters. The minimum Gasteiger partial charge on any atom is -0.383 e. The molecule has 3 nitrogen and oxygen atoms in total. The van der Waals surface area contributed by atoms with Crippen LogP contribution < -0.4 is 0 Å². The standard InChI is InChI=1S/C12H14BrClINO2/c1-18-7-6-16(5-4-14)12(17)10-8-9(13)2-3-11(10)15/h2-3,8H,4-7H2,1H3. The van der Waals surface area contributed by atoms with Gasteiger partial charge >= 0.3 is 0 Å². The van der Waals surface area contributed by atoms with E-state index in [2.05, 4.69) is 38.5 Å². The van der Waals surface area contributed by atoms with Crippen LogP contribution in [0.4, 0.5) is 0 Å². The van der Waals surface area contributed by atoms with E-state index in [0.717, 1.165) is 8.04 Å². The van der Waals surface area contributed by atoms with E-state index in [1.807, 2.05) is 18.2 Å². The van der Waals surface area contributed by atoms with Crippen molar-refractivity contribution in [2.75, 3.05) is 32.7 Å². The van der Waals surface area contributed by atoms with Crippen molar-refractivity contribution in [3.05, 3.63) is 31.8 Å². The summed E-state index contributed by atoms with van der Waals surface area (Å²) in [6.07, 6.45) is 0. The number of methoxy groups -OCH3 is 1. The van der Waals surface area contributed by atoms with E-state index in [1.54, 1.807) is 12.0 Å². The van der Waals surface area contributed by atoms with Gasteiger partial charge in [-0.3, -0.25) is 4.79 Å². The summed E-state index contributed by atoms with van der Waals surface area (Å²) in [6.45, 7) is 1.57. The molecule has 100 valence electrons. The van der Waals surface area contributed by atoms with Crippen LogP contribution in [0.25, 0.3) is 0 Å². The molecule has 0 saturated heterocycles. The van der Waals surface area contributed by atoms with Crippen LogP contribution in [0.2, 0.25) is 0 Å². The van der Waals surface area contributed by atoms with Crippen LogP contribution in [0.5, 0.6) is 0 Å². The third kappa shape index (κ3) is 4.68. The molecule has 18 heavy (non-hydrogen) atoms. The molecule has 1 rings (SSSR count). The zero-order valence-electron chi connectivity index (χ0n) is 9.96. The molecule has 0 saturated carbocycles. The number of nitrogens with zero attached hydrogens (tertiary/aromatic N) is 1. The zero-order valence-corrected chi connectivity index (χ0v) is 14.5. The van der Waals surface area contributed by atoms with Crippen molar-refractivity contribution in [2.24, 2.45) is 0 Å². The van der Waals surface area contributed by atoms with Crippen LogP contribution in [0.1, 0.15) is 10.4 Å². The summed E-state index contributed by atoms with van der Waals surface area (Å²) in [7, 11) is 1.62. The highest BCUT2D eigenvalue weighted by Crippen LogP contribution is 2.20. The molecule has 6 heteroatoms. The molecular formula is C12H14BrClINO2. The molecule has 0 heterocycles. The van der Waals surface area contributed by atoms with E-state index in [4.69, 9.17) is 16.3 Å². The number of halogens is 3. The van der Waals surface area contributed by atoms with Crippen molar-refractivity contribution in [1.29, 1.82) is 0 Å².